The minimum Gasteiger partial charge on any atom is -0.389 e. The van der Waals surface area contributed by atoms with Crippen molar-refractivity contribution in [1.82, 2.24) is 9.80 Å². The van der Waals surface area contributed by atoms with Crippen molar-refractivity contribution in [2.45, 2.75) is 32.9 Å². The summed E-state index contributed by atoms with van der Waals surface area (Å²) in [5.74, 6) is 0. The molecule has 116 valence electrons. The van der Waals surface area contributed by atoms with Crippen LogP contribution < -0.4 is 5.73 Å². The number of piperazine rings is 1. The highest BCUT2D eigenvalue weighted by Crippen LogP contribution is 2.22. The van der Waals surface area contributed by atoms with Crippen LogP contribution in [0.3, 0.4) is 0 Å². The van der Waals surface area contributed by atoms with Gasteiger partial charge in [-0.25, -0.2) is 0 Å². The van der Waals surface area contributed by atoms with Crippen LogP contribution in [0.5, 0.6) is 0 Å². The van der Waals surface area contributed by atoms with Gasteiger partial charge in [0.1, 0.15) is 4.99 Å². The molecule has 0 aromatic heterocycles. The van der Waals surface area contributed by atoms with Crippen LogP contribution in [-0.4, -0.2) is 46.5 Å². The summed E-state index contributed by atoms with van der Waals surface area (Å²) in [5, 5.41) is 0.749. The van der Waals surface area contributed by atoms with Crippen molar-refractivity contribution in [3.63, 3.8) is 0 Å². The molecule has 3 nitrogen and oxygen atoms in total. The lowest BCUT2D eigenvalue weighted by Crippen LogP contribution is -2.53. The third kappa shape index (κ3) is 4.39. The van der Waals surface area contributed by atoms with Crippen LogP contribution in [0.25, 0.3) is 0 Å². The van der Waals surface area contributed by atoms with Crippen LogP contribution in [0.15, 0.2) is 18.2 Å². The van der Waals surface area contributed by atoms with Crippen LogP contribution in [0, 0.1) is 0 Å². The molecular formula is C16H24ClN3S. The molecule has 1 fully saturated rings. The number of hydrogen-bond acceptors (Lipinski definition) is 3. The molecule has 0 aliphatic carbocycles. The Morgan fingerprint density at radius 3 is 2.33 bits per heavy atom. The molecule has 1 aromatic rings. The Hall–Kier alpha value is -0.680. The van der Waals surface area contributed by atoms with E-state index in [2.05, 4.69) is 30.6 Å². The Bertz CT molecular complexity index is 517. The number of halogens is 1. The van der Waals surface area contributed by atoms with E-state index in [0.717, 1.165) is 48.9 Å². The first-order valence-corrected chi connectivity index (χ1v) is 8.11. The van der Waals surface area contributed by atoms with Gasteiger partial charge in [0.05, 0.1) is 0 Å². The first kappa shape index (κ1) is 16.7. The second kappa shape index (κ2) is 6.61. The van der Waals surface area contributed by atoms with E-state index in [9.17, 15) is 0 Å². The molecule has 1 saturated heterocycles. The van der Waals surface area contributed by atoms with Gasteiger partial charge in [-0.1, -0.05) is 36.0 Å². The molecule has 0 spiro atoms. The molecule has 5 heteroatoms. The molecule has 2 rings (SSSR count). The quantitative estimate of drug-likeness (QED) is 0.866. The number of hydrogen-bond donors (Lipinski definition) is 1. The lowest BCUT2D eigenvalue weighted by atomic mass is 10.0. The van der Waals surface area contributed by atoms with Crippen molar-refractivity contribution in [1.29, 1.82) is 0 Å². The summed E-state index contributed by atoms with van der Waals surface area (Å²) in [7, 11) is 0. The molecule has 0 bridgehead atoms. The van der Waals surface area contributed by atoms with Crippen LogP contribution >= 0.6 is 23.8 Å². The van der Waals surface area contributed by atoms with Crippen LogP contribution in [-0.2, 0) is 6.54 Å². The van der Waals surface area contributed by atoms with E-state index in [1.165, 1.54) is 0 Å². The van der Waals surface area contributed by atoms with Gasteiger partial charge in [-0.3, -0.25) is 9.80 Å². The Morgan fingerprint density at radius 1 is 1.24 bits per heavy atom. The SMILES string of the molecule is CC(C)(C)N1CCN(Cc2ccc(C(N)=S)cc2Cl)CC1. The first-order valence-electron chi connectivity index (χ1n) is 7.33. The highest BCUT2D eigenvalue weighted by Gasteiger charge is 2.25. The minimum absolute atomic E-state index is 0.252. The second-order valence-corrected chi connectivity index (χ2v) is 7.45. The fourth-order valence-corrected chi connectivity index (χ4v) is 3.01. The molecule has 0 unspecified atom stereocenters. The van der Waals surface area contributed by atoms with Gasteiger partial charge in [-0.2, -0.15) is 0 Å². The number of nitrogens with two attached hydrogens (primary N) is 1. The van der Waals surface area contributed by atoms with Crippen molar-refractivity contribution in [3.05, 3.63) is 34.3 Å². The van der Waals surface area contributed by atoms with E-state index in [0.29, 0.717) is 4.99 Å². The number of thiocarbonyl (C=S) groups is 1. The van der Waals surface area contributed by atoms with Gasteiger partial charge in [0, 0.05) is 48.8 Å². The molecule has 21 heavy (non-hydrogen) atoms. The summed E-state index contributed by atoms with van der Waals surface area (Å²) < 4.78 is 0. The van der Waals surface area contributed by atoms with Gasteiger partial charge in [0.2, 0.25) is 0 Å². The van der Waals surface area contributed by atoms with E-state index < -0.39 is 0 Å². The van der Waals surface area contributed by atoms with Gasteiger partial charge in [0.25, 0.3) is 0 Å². The van der Waals surface area contributed by atoms with E-state index in [4.69, 9.17) is 29.6 Å². The lowest BCUT2D eigenvalue weighted by molar-refractivity contribution is 0.0591. The molecule has 0 radical (unpaired) electrons. The monoisotopic (exact) mass is 325 g/mol. The number of benzene rings is 1. The zero-order chi connectivity index (χ0) is 15.6. The number of rotatable bonds is 3. The summed E-state index contributed by atoms with van der Waals surface area (Å²) in [6.07, 6.45) is 0. The molecule has 0 amide bonds. The predicted molar refractivity (Wildman–Crippen MR) is 93.9 cm³/mol. The topological polar surface area (TPSA) is 32.5 Å². The van der Waals surface area contributed by atoms with Crippen molar-refractivity contribution in [2.75, 3.05) is 26.2 Å². The fourth-order valence-electron chi connectivity index (χ4n) is 2.65. The van der Waals surface area contributed by atoms with Gasteiger partial charge < -0.3 is 5.73 Å². The van der Waals surface area contributed by atoms with E-state index >= 15 is 0 Å². The van der Waals surface area contributed by atoms with Gasteiger partial charge in [-0.15, -0.1) is 0 Å². The van der Waals surface area contributed by atoms with E-state index in [1.807, 2.05) is 18.2 Å². The lowest BCUT2D eigenvalue weighted by Gasteiger charge is -2.42. The maximum Gasteiger partial charge on any atom is 0.104 e. The van der Waals surface area contributed by atoms with Gasteiger partial charge in [0.15, 0.2) is 0 Å². The van der Waals surface area contributed by atoms with Crippen LogP contribution in [0.4, 0.5) is 0 Å². The molecule has 2 N–H and O–H groups in total. The standard InChI is InChI=1S/C16H24ClN3S/c1-16(2,3)20-8-6-19(7-9-20)11-13-5-4-12(15(18)21)10-14(13)17/h4-5,10H,6-9,11H2,1-3H3,(H2,18,21). The zero-order valence-electron chi connectivity index (χ0n) is 13.0. The normalized spacial score (nSPS) is 17.9. The predicted octanol–water partition coefficient (Wildman–Crippen LogP) is 2.89. The Labute approximate surface area is 138 Å². The summed E-state index contributed by atoms with van der Waals surface area (Å²) in [6, 6.07) is 5.85. The molecular weight excluding hydrogens is 302 g/mol. The highest BCUT2D eigenvalue weighted by molar-refractivity contribution is 7.80. The minimum atomic E-state index is 0.252. The summed E-state index contributed by atoms with van der Waals surface area (Å²) >= 11 is 11.3. The average Bonchev–Trinajstić information content (AvgIpc) is 2.40. The van der Waals surface area contributed by atoms with Crippen molar-refractivity contribution >= 4 is 28.8 Å². The summed E-state index contributed by atoms with van der Waals surface area (Å²) in [5.41, 5.74) is 7.85. The summed E-state index contributed by atoms with van der Waals surface area (Å²) in [6.45, 7) is 12.1. The van der Waals surface area contributed by atoms with Crippen molar-refractivity contribution in [2.24, 2.45) is 5.73 Å². The Balaban J connectivity index is 1.96. The second-order valence-electron chi connectivity index (χ2n) is 6.60. The van der Waals surface area contributed by atoms with Crippen LogP contribution in [0.1, 0.15) is 31.9 Å². The van der Waals surface area contributed by atoms with E-state index in [1.54, 1.807) is 0 Å². The van der Waals surface area contributed by atoms with E-state index in [-0.39, 0.29) is 5.54 Å². The average molecular weight is 326 g/mol. The molecule has 0 atom stereocenters. The van der Waals surface area contributed by atoms with Gasteiger partial charge in [-0.05, 0) is 32.4 Å². The highest BCUT2D eigenvalue weighted by atomic mass is 35.5. The summed E-state index contributed by atoms with van der Waals surface area (Å²) in [4.78, 5) is 5.37. The third-order valence-electron chi connectivity index (χ3n) is 4.05. The molecule has 1 aliphatic heterocycles. The van der Waals surface area contributed by atoms with Crippen molar-refractivity contribution in [3.8, 4) is 0 Å². The smallest absolute Gasteiger partial charge is 0.104 e. The Kier molecular flexibility index (Phi) is 5.25. The zero-order valence-corrected chi connectivity index (χ0v) is 14.6. The largest absolute Gasteiger partial charge is 0.389 e. The molecule has 1 heterocycles. The maximum absolute atomic E-state index is 6.34. The van der Waals surface area contributed by atoms with Gasteiger partial charge >= 0.3 is 0 Å². The fraction of sp³-hybridized carbons (Fsp3) is 0.562. The van der Waals surface area contributed by atoms with Crippen LogP contribution in [0.2, 0.25) is 5.02 Å². The first-order chi connectivity index (χ1) is 9.77. The molecule has 1 aromatic carbocycles. The molecule has 1 aliphatic rings. The molecule has 0 saturated carbocycles. The Morgan fingerprint density at radius 2 is 1.86 bits per heavy atom. The maximum atomic E-state index is 6.34. The third-order valence-corrected chi connectivity index (χ3v) is 4.64. The van der Waals surface area contributed by atoms with Crippen molar-refractivity contribution < 1.29 is 0 Å². The number of nitrogens with zero attached hydrogens (tertiary/aromatic N) is 2.